The van der Waals surface area contributed by atoms with Gasteiger partial charge in [-0.15, -0.1) is 0 Å². The Morgan fingerprint density at radius 2 is 1.71 bits per heavy atom. The van der Waals surface area contributed by atoms with Gasteiger partial charge in [-0.1, -0.05) is 48.5 Å². The molecule has 2 aromatic carbocycles. The fraction of sp³-hybridized carbons (Fsp3) is 0.250. The molecular weight excluding hydrogens is 440 g/mol. The molecule has 0 radical (unpaired) electrons. The predicted octanol–water partition coefficient (Wildman–Crippen LogP) is 2.61. The summed E-state index contributed by atoms with van der Waals surface area (Å²) in [6.07, 6.45) is 0.622. The minimum absolute atomic E-state index is 0.0352. The van der Waals surface area contributed by atoms with Crippen LogP contribution in [0.1, 0.15) is 27.4 Å². The maximum absolute atomic E-state index is 12.6. The second kappa shape index (κ2) is 10.2. The maximum atomic E-state index is 12.6. The number of ether oxygens (including phenoxy) is 2. The molecule has 3 N–H and O–H groups in total. The Morgan fingerprint density at radius 1 is 1.06 bits per heavy atom. The van der Waals surface area contributed by atoms with E-state index >= 15 is 0 Å². The van der Waals surface area contributed by atoms with E-state index in [0.717, 1.165) is 22.3 Å². The first-order valence-corrected chi connectivity index (χ1v) is 10.7. The summed E-state index contributed by atoms with van der Waals surface area (Å²) in [5.41, 5.74) is 4.61. The summed E-state index contributed by atoms with van der Waals surface area (Å²) in [7, 11) is 1.59. The molecule has 0 bridgehead atoms. The molecule has 2 amide bonds. The molecule has 1 aromatic heterocycles. The largest absolute Gasteiger partial charge is 0.480 e. The van der Waals surface area contributed by atoms with Gasteiger partial charge in [-0.05, 0) is 22.3 Å². The van der Waals surface area contributed by atoms with Gasteiger partial charge in [0.25, 0.3) is 5.91 Å². The van der Waals surface area contributed by atoms with Gasteiger partial charge in [0.05, 0.1) is 12.8 Å². The van der Waals surface area contributed by atoms with Crippen molar-refractivity contribution in [3.63, 3.8) is 0 Å². The minimum atomic E-state index is -1.09. The average Bonchev–Trinajstić information content (AvgIpc) is 3.35. The van der Waals surface area contributed by atoms with E-state index in [1.807, 2.05) is 36.4 Å². The van der Waals surface area contributed by atoms with Crippen LogP contribution in [-0.2, 0) is 21.3 Å². The second-order valence-electron chi connectivity index (χ2n) is 7.68. The molecule has 1 aliphatic carbocycles. The van der Waals surface area contributed by atoms with E-state index in [2.05, 4.69) is 27.9 Å². The van der Waals surface area contributed by atoms with Crippen LogP contribution >= 0.6 is 0 Å². The summed E-state index contributed by atoms with van der Waals surface area (Å²) < 4.78 is 11.8. The third-order valence-electron chi connectivity index (χ3n) is 5.51. The van der Waals surface area contributed by atoms with E-state index in [-0.39, 0.29) is 37.1 Å². The van der Waals surface area contributed by atoms with Crippen molar-refractivity contribution in [1.82, 2.24) is 15.1 Å². The molecule has 34 heavy (non-hydrogen) atoms. The van der Waals surface area contributed by atoms with Gasteiger partial charge in [0.2, 0.25) is 0 Å². The second-order valence-corrected chi connectivity index (χ2v) is 7.68. The van der Waals surface area contributed by atoms with E-state index in [0.29, 0.717) is 0 Å². The quantitative estimate of drug-likeness (QED) is 0.415. The topological polar surface area (TPSA) is 132 Å². The number of aryl methyl sites for hydroxylation is 1. The third-order valence-corrected chi connectivity index (χ3v) is 5.51. The van der Waals surface area contributed by atoms with E-state index in [4.69, 9.17) is 14.6 Å². The lowest BCUT2D eigenvalue weighted by atomic mass is 9.98. The summed E-state index contributed by atoms with van der Waals surface area (Å²) in [5.74, 6) is -1.48. The molecule has 0 aliphatic heterocycles. The SMILES string of the molecule is Cn1ncc(C(=O)NCCOCC(=O)O)c1NC(=O)OCC1c2ccccc2-c2ccccc21. The average molecular weight is 464 g/mol. The smallest absolute Gasteiger partial charge is 0.412 e. The van der Waals surface area contributed by atoms with Crippen molar-refractivity contribution in [2.75, 3.05) is 31.7 Å². The summed E-state index contributed by atoms with van der Waals surface area (Å²) in [6.45, 7) is -0.170. The van der Waals surface area contributed by atoms with Crippen molar-refractivity contribution in [2.24, 2.45) is 7.05 Å². The van der Waals surface area contributed by atoms with Crippen LogP contribution in [0.3, 0.4) is 0 Å². The molecule has 0 spiro atoms. The number of carboxylic acids is 1. The van der Waals surface area contributed by atoms with Crippen LogP contribution in [0.5, 0.6) is 0 Å². The predicted molar refractivity (Wildman–Crippen MR) is 123 cm³/mol. The van der Waals surface area contributed by atoms with Gasteiger partial charge in [-0.3, -0.25) is 14.8 Å². The van der Waals surface area contributed by atoms with E-state index < -0.39 is 24.6 Å². The minimum Gasteiger partial charge on any atom is -0.480 e. The van der Waals surface area contributed by atoms with Crippen LogP contribution in [0.4, 0.5) is 10.6 Å². The molecule has 3 aromatic rings. The number of amides is 2. The Hall–Kier alpha value is -4.18. The highest BCUT2D eigenvalue weighted by Gasteiger charge is 2.29. The number of nitrogens with one attached hydrogen (secondary N) is 2. The highest BCUT2D eigenvalue weighted by molar-refractivity contribution is 6.01. The zero-order chi connectivity index (χ0) is 24.1. The van der Waals surface area contributed by atoms with Crippen LogP contribution in [0.25, 0.3) is 11.1 Å². The molecule has 1 heterocycles. The molecule has 0 fully saturated rings. The third kappa shape index (κ3) is 4.91. The van der Waals surface area contributed by atoms with Gasteiger partial charge < -0.3 is 19.9 Å². The monoisotopic (exact) mass is 464 g/mol. The van der Waals surface area contributed by atoms with Crippen molar-refractivity contribution in [3.8, 4) is 11.1 Å². The molecule has 10 heteroatoms. The Labute approximate surface area is 195 Å². The highest BCUT2D eigenvalue weighted by atomic mass is 16.5. The first-order chi connectivity index (χ1) is 16.5. The van der Waals surface area contributed by atoms with Gasteiger partial charge >= 0.3 is 12.1 Å². The van der Waals surface area contributed by atoms with Crippen LogP contribution < -0.4 is 10.6 Å². The fourth-order valence-electron chi connectivity index (χ4n) is 3.97. The molecule has 0 saturated heterocycles. The van der Waals surface area contributed by atoms with Crippen molar-refractivity contribution in [3.05, 3.63) is 71.4 Å². The van der Waals surface area contributed by atoms with Gasteiger partial charge in [0, 0.05) is 19.5 Å². The Kier molecular flexibility index (Phi) is 6.88. The van der Waals surface area contributed by atoms with Gasteiger partial charge in [0.15, 0.2) is 0 Å². The number of benzene rings is 2. The number of carbonyl (C=O) groups is 3. The Bertz CT molecular complexity index is 1180. The lowest BCUT2D eigenvalue weighted by Crippen LogP contribution is -2.29. The number of carbonyl (C=O) groups excluding carboxylic acids is 2. The molecular formula is C24H24N4O6. The van der Waals surface area contributed by atoms with Crippen molar-refractivity contribution in [2.45, 2.75) is 5.92 Å². The first-order valence-electron chi connectivity index (χ1n) is 10.7. The number of hydrogen-bond donors (Lipinski definition) is 3. The Morgan fingerprint density at radius 3 is 2.35 bits per heavy atom. The van der Waals surface area contributed by atoms with Gasteiger partial charge in [0.1, 0.15) is 24.6 Å². The number of rotatable bonds is 9. The zero-order valence-electron chi connectivity index (χ0n) is 18.5. The fourth-order valence-corrected chi connectivity index (χ4v) is 3.97. The van der Waals surface area contributed by atoms with E-state index in [9.17, 15) is 14.4 Å². The maximum Gasteiger partial charge on any atom is 0.412 e. The number of hydrogen-bond acceptors (Lipinski definition) is 6. The van der Waals surface area contributed by atoms with Crippen LogP contribution in [0.15, 0.2) is 54.7 Å². The molecule has 0 atom stereocenters. The van der Waals surface area contributed by atoms with Gasteiger partial charge in [-0.2, -0.15) is 5.10 Å². The van der Waals surface area contributed by atoms with Crippen molar-refractivity contribution >= 4 is 23.8 Å². The van der Waals surface area contributed by atoms with Crippen molar-refractivity contribution in [1.29, 1.82) is 0 Å². The number of aromatic nitrogens is 2. The first kappa shape index (κ1) is 23.0. The number of carboxylic acid groups (broad SMARTS) is 1. The lowest BCUT2D eigenvalue weighted by Gasteiger charge is -2.15. The normalized spacial score (nSPS) is 12.0. The summed E-state index contributed by atoms with van der Waals surface area (Å²) in [4.78, 5) is 35.5. The number of fused-ring (bicyclic) bond motifs is 3. The number of aliphatic carboxylic acids is 1. The molecule has 10 nitrogen and oxygen atoms in total. The molecule has 176 valence electrons. The molecule has 1 aliphatic rings. The zero-order valence-corrected chi connectivity index (χ0v) is 18.5. The van der Waals surface area contributed by atoms with Crippen LogP contribution in [-0.4, -0.2) is 59.2 Å². The van der Waals surface area contributed by atoms with Crippen molar-refractivity contribution < 1.29 is 29.0 Å². The highest BCUT2D eigenvalue weighted by Crippen LogP contribution is 2.44. The summed E-state index contributed by atoms with van der Waals surface area (Å²) >= 11 is 0. The number of nitrogens with zero attached hydrogens (tertiary/aromatic N) is 2. The van der Waals surface area contributed by atoms with Crippen LogP contribution in [0, 0.1) is 0 Å². The van der Waals surface area contributed by atoms with Crippen LogP contribution in [0.2, 0.25) is 0 Å². The number of anilines is 1. The van der Waals surface area contributed by atoms with E-state index in [1.165, 1.54) is 10.9 Å². The molecule has 0 unspecified atom stereocenters. The lowest BCUT2D eigenvalue weighted by molar-refractivity contribution is -0.142. The summed E-state index contributed by atoms with van der Waals surface area (Å²) in [5, 5.41) is 17.8. The molecule has 0 saturated carbocycles. The standard InChI is InChI=1S/C24H24N4O6/c1-28-22(19(12-26-28)23(31)25-10-11-33-14-21(29)30)27-24(32)34-13-20-17-8-4-2-6-15(17)16-7-3-5-9-18(16)20/h2-9,12,20H,10-11,13-14H2,1H3,(H,25,31)(H,27,32)(H,29,30). The summed E-state index contributed by atoms with van der Waals surface area (Å²) in [6, 6.07) is 16.1. The van der Waals surface area contributed by atoms with Gasteiger partial charge in [-0.25, -0.2) is 9.59 Å². The Balaban J connectivity index is 1.37. The van der Waals surface area contributed by atoms with E-state index in [1.54, 1.807) is 7.05 Å². The molecule has 4 rings (SSSR count).